The van der Waals surface area contributed by atoms with Gasteiger partial charge in [-0.3, -0.25) is 14.9 Å². The molecule has 3 nitrogen and oxygen atoms in total. The molecule has 0 aromatic carbocycles. The molecule has 0 aromatic rings. The largest absolute Gasteiger partial charge is 0.296 e. The number of imide groups is 1. The van der Waals surface area contributed by atoms with Crippen LogP contribution in [0.3, 0.4) is 0 Å². The Bertz CT molecular complexity index is 223. The molecule has 0 aliphatic carbocycles. The standard InChI is InChI=1S/C9H15NO2/c1-6(2)4-9(3)5-7(11)10-8(9)12/h6H,4-5H2,1-3H3,(H,10,11,12). The van der Waals surface area contributed by atoms with Gasteiger partial charge in [0.25, 0.3) is 0 Å². The van der Waals surface area contributed by atoms with E-state index in [0.29, 0.717) is 12.3 Å². The minimum Gasteiger partial charge on any atom is -0.296 e. The van der Waals surface area contributed by atoms with Crippen molar-refractivity contribution in [2.24, 2.45) is 11.3 Å². The number of rotatable bonds is 2. The van der Waals surface area contributed by atoms with Crippen molar-refractivity contribution in [3.05, 3.63) is 0 Å². The molecule has 1 saturated heterocycles. The molecule has 1 heterocycles. The zero-order chi connectivity index (χ0) is 9.35. The first-order valence-electron chi connectivity index (χ1n) is 4.28. The smallest absolute Gasteiger partial charge is 0.233 e. The highest BCUT2D eigenvalue weighted by atomic mass is 16.2. The Labute approximate surface area is 72.5 Å². The molecule has 68 valence electrons. The Morgan fingerprint density at radius 2 is 2.08 bits per heavy atom. The molecule has 1 fully saturated rings. The van der Waals surface area contributed by atoms with Gasteiger partial charge in [-0.25, -0.2) is 0 Å². The molecule has 1 aliphatic heterocycles. The molecule has 1 unspecified atom stereocenters. The second kappa shape index (κ2) is 2.88. The Morgan fingerprint density at radius 3 is 2.42 bits per heavy atom. The highest BCUT2D eigenvalue weighted by molar-refractivity contribution is 6.05. The van der Waals surface area contributed by atoms with Crippen LogP contribution in [-0.2, 0) is 9.59 Å². The van der Waals surface area contributed by atoms with Crippen molar-refractivity contribution in [2.75, 3.05) is 0 Å². The number of hydrogen-bond acceptors (Lipinski definition) is 2. The van der Waals surface area contributed by atoms with Gasteiger partial charge in [-0.15, -0.1) is 0 Å². The van der Waals surface area contributed by atoms with Crippen molar-refractivity contribution < 1.29 is 9.59 Å². The van der Waals surface area contributed by atoms with E-state index in [-0.39, 0.29) is 11.8 Å². The molecule has 2 amide bonds. The van der Waals surface area contributed by atoms with Gasteiger partial charge in [0.1, 0.15) is 0 Å². The lowest BCUT2D eigenvalue weighted by Gasteiger charge is -2.21. The van der Waals surface area contributed by atoms with Crippen molar-refractivity contribution in [1.82, 2.24) is 5.32 Å². The van der Waals surface area contributed by atoms with Crippen molar-refractivity contribution in [1.29, 1.82) is 0 Å². The van der Waals surface area contributed by atoms with Gasteiger partial charge in [-0.05, 0) is 12.3 Å². The number of hydrogen-bond donors (Lipinski definition) is 1. The normalized spacial score (nSPS) is 29.7. The van der Waals surface area contributed by atoms with E-state index in [0.717, 1.165) is 6.42 Å². The summed E-state index contributed by atoms with van der Waals surface area (Å²) in [6.07, 6.45) is 1.13. The summed E-state index contributed by atoms with van der Waals surface area (Å²) >= 11 is 0. The van der Waals surface area contributed by atoms with E-state index < -0.39 is 5.41 Å². The van der Waals surface area contributed by atoms with Crippen LogP contribution in [0.1, 0.15) is 33.6 Å². The lowest BCUT2D eigenvalue weighted by molar-refractivity contribution is -0.128. The van der Waals surface area contributed by atoms with E-state index in [1.807, 2.05) is 6.92 Å². The van der Waals surface area contributed by atoms with Crippen LogP contribution in [0, 0.1) is 11.3 Å². The van der Waals surface area contributed by atoms with Crippen LogP contribution >= 0.6 is 0 Å². The van der Waals surface area contributed by atoms with Crippen LogP contribution in [-0.4, -0.2) is 11.8 Å². The number of carbonyl (C=O) groups excluding carboxylic acids is 2. The second-order valence-corrected chi connectivity index (χ2v) is 4.21. The van der Waals surface area contributed by atoms with Crippen molar-refractivity contribution in [3.8, 4) is 0 Å². The molecule has 0 saturated carbocycles. The summed E-state index contributed by atoms with van der Waals surface area (Å²) < 4.78 is 0. The number of nitrogens with one attached hydrogen (secondary N) is 1. The zero-order valence-electron chi connectivity index (χ0n) is 7.81. The second-order valence-electron chi connectivity index (χ2n) is 4.21. The Hall–Kier alpha value is -0.860. The van der Waals surface area contributed by atoms with Crippen LogP contribution in [0.25, 0.3) is 0 Å². The third-order valence-electron chi connectivity index (χ3n) is 2.21. The first kappa shape index (κ1) is 9.23. The summed E-state index contributed by atoms with van der Waals surface area (Å²) in [4.78, 5) is 22.2. The van der Waals surface area contributed by atoms with Crippen molar-refractivity contribution >= 4 is 11.8 Å². The summed E-state index contributed by atoms with van der Waals surface area (Å²) in [5.41, 5.74) is -0.453. The van der Waals surface area contributed by atoms with Crippen LogP contribution < -0.4 is 5.32 Å². The predicted octanol–water partition coefficient (Wildman–Crippen LogP) is 1.09. The maximum Gasteiger partial charge on any atom is 0.233 e. The third-order valence-corrected chi connectivity index (χ3v) is 2.21. The lowest BCUT2D eigenvalue weighted by Crippen LogP contribution is -2.30. The average Bonchev–Trinajstić information content (AvgIpc) is 2.04. The van der Waals surface area contributed by atoms with E-state index in [4.69, 9.17) is 0 Å². The fraction of sp³-hybridized carbons (Fsp3) is 0.778. The van der Waals surface area contributed by atoms with Gasteiger partial charge in [-0.2, -0.15) is 0 Å². The maximum absolute atomic E-state index is 11.3. The predicted molar refractivity (Wildman–Crippen MR) is 45.3 cm³/mol. The Balaban J connectivity index is 2.71. The van der Waals surface area contributed by atoms with E-state index in [1.165, 1.54) is 0 Å². The van der Waals surface area contributed by atoms with E-state index in [9.17, 15) is 9.59 Å². The topological polar surface area (TPSA) is 46.2 Å². The first-order chi connectivity index (χ1) is 5.44. The van der Waals surface area contributed by atoms with Crippen molar-refractivity contribution in [2.45, 2.75) is 33.6 Å². The van der Waals surface area contributed by atoms with Gasteiger partial charge in [0.2, 0.25) is 11.8 Å². The molecule has 0 radical (unpaired) electrons. The molecule has 0 aromatic heterocycles. The molecular weight excluding hydrogens is 154 g/mol. The number of amides is 2. The summed E-state index contributed by atoms with van der Waals surface area (Å²) in [5.74, 6) is 0.205. The molecule has 1 atom stereocenters. The molecule has 0 bridgehead atoms. The van der Waals surface area contributed by atoms with Gasteiger partial charge in [0.05, 0.1) is 5.41 Å². The minimum atomic E-state index is -0.453. The zero-order valence-corrected chi connectivity index (χ0v) is 7.81. The first-order valence-corrected chi connectivity index (χ1v) is 4.28. The lowest BCUT2D eigenvalue weighted by atomic mass is 9.81. The average molecular weight is 169 g/mol. The molecule has 1 N–H and O–H groups in total. The fourth-order valence-corrected chi connectivity index (χ4v) is 1.82. The summed E-state index contributed by atoms with van der Waals surface area (Å²) in [6.45, 7) is 5.97. The monoisotopic (exact) mass is 169 g/mol. The van der Waals surface area contributed by atoms with E-state index in [2.05, 4.69) is 19.2 Å². The summed E-state index contributed by atoms with van der Waals surface area (Å²) in [6, 6.07) is 0. The van der Waals surface area contributed by atoms with Gasteiger partial charge in [-0.1, -0.05) is 20.8 Å². The van der Waals surface area contributed by atoms with Gasteiger partial charge in [0.15, 0.2) is 0 Å². The van der Waals surface area contributed by atoms with Crippen molar-refractivity contribution in [3.63, 3.8) is 0 Å². The van der Waals surface area contributed by atoms with Crippen LogP contribution in [0.15, 0.2) is 0 Å². The Morgan fingerprint density at radius 1 is 1.50 bits per heavy atom. The quantitative estimate of drug-likeness (QED) is 0.629. The Kier molecular flexibility index (Phi) is 2.22. The fourth-order valence-electron chi connectivity index (χ4n) is 1.82. The molecule has 1 aliphatic rings. The molecule has 0 spiro atoms. The summed E-state index contributed by atoms with van der Waals surface area (Å²) in [7, 11) is 0. The molecule has 12 heavy (non-hydrogen) atoms. The van der Waals surface area contributed by atoms with E-state index >= 15 is 0 Å². The maximum atomic E-state index is 11.3. The van der Waals surface area contributed by atoms with Crippen LogP contribution in [0.2, 0.25) is 0 Å². The van der Waals surface area contributed by atoms with Crippen LogP contribution in [0.4, 0.5) is 0 Å². The van der Waals surface area contributed by atoms with Gasteiger partial charge >= 0.3 is 0 Å². The third kappa shape index (κ3) is 1.65. The molecule has 1 rings (SSSR count). The minimum absolute atomic E-state index is 0.110. The highest BCUT2D eigenvalue weighted by Gasteiger charge is 2.42. The highest BCUT2D eigenvalue weighted by Crippen LogP contribution is 2.33. The number of carbonyl (C=O) groups is 2. The molecular formula is C9H15NO2. The summed E-state index contributed by atoms with van der Waals surface area (Å²) in [5, 5.41) is 2.33. The van der Waals surface area contributed by atoms with E-state index in [1.54, 1.807) is 0 Å². The molecule has 3 heteroatoms. The SMILES string of the molecule is CC(C)CC1(C)CC(=O)NC1=O. The van der Waals surface area contributed by atoms with Gasteiger partial charge < -0.3 is 0 Å². The van der Waals surface area contributed by atoms with Crippen LogP contribution in [0.5, 0.6) is 0 Å². The van der Waals surface area contributed by atoms with Gasteiger partial charge in [0, 0.05) is 6.42 Å².